The second-order valence-electron chi connectivity index (χ2n) is 4.22. The van der Waals surface area contributed by atoms with E-state index in [4.69, 9.17) is 16.0 Å². The first-order chi connectivity index (χ1) is 9.99. The van der Waals surface area contributed by atoms with Gasteiger partial charge >= 0.3 is 5.76 Å². The summed E-state index contributed by atoms with van der Waals surface area (Å²) in [5.41, 5.74) is -0.688. The number of carbonyl (C=O) groups excluding carboxylic acids is 1. The minimum absolute atomic E-state index is 0.0533. The smallest absolute Gasteiger partial charge is 0.407 e. The Balaban J connectivity index is 2.28. The molecule has 106 valence electrons. The number of nitrogens with zero attached hydrogens (tertiary/aromatic N) is 1. The van der Waals surface area contributed by atoms with Crippen molar-refractivity contribution in [2.45, 2.75) is 0 Å². The van der Waals surface area contributed by atoms with Crippen molar-refractivity contribution in [3.63, 3.8) is 0 Å². The zero-order valence-electron chi connectivity index (χ0n) is 10.3. The highest BCUT2D eigenvalue weighted by Crippen LogP contribution is 2.20. The summed E-state index contributed by atoms with van der Waals surface area (Å²) in [6.45, 7) is 0. The number of carbonyl (C=O) groups is 1. The van der Waals surface area contributed by atoms with Crippen LogP contribution in [-0.2, 0) is 0 Å². The molecular weight excluding hydrogens is 304 g/mol. The van der Waals surface area contributed by atoms with Crippen LogP contribution >= 0.6 is 11.6 Å². The maximum atomic E-state index is 13.7. The van der Waals surface area contributed by atoms with Crippen molar-refractivity contribution in [1.82, 2.24) is 4.57 Å². The molecule has 3 rings (SSSR count). The van der Waals surface area contributed by atoms with Crippen LogP contribution in [0.5, 0.6) is 0 Å². The summed E-state index contributed by atoms with van der Waals surface area (Å²) >= 11 is 5.75. The van der Waals surface area contributed by atoms with E-state index in [9.17, 15) is 18.4 Å². The maximum absolute atomic E-state index is 13.7. The summed E-state index contributed by atoms with van der Waals surface area (Å²) in [5.74, 6) is -4.30. The molecule has 0 radical (unpaired) electrons. The average Bonchev–Trinajstić information content (AvgIpc) is 2.73. The number of rotatable bonds is 1. The first-order valence-corrected chi connectivity index (χ1v) is 6.16. The number of halogens is 3. The molecule has 1 aromatic heterocycles. The largest absolute Gasteiger partial charge is 0.427 e. The van der Waals surface area contributed by atoms with Crippen LogP contribution in [0, 0.1) is 11.6 Å². The molecular formula is C14H6ClF2NO3. The molecule has 0 unspecified atom stereocenters. The summed E-state index contributed by atoms with van der Waals surface area (Å²) in [7, 11) is 0. The molecule has 3 aromatic rings. The molecule has 0 bridgehead atoms. The molecule has 0 fully saturated rings. The summed E-state index contributed by atoms with van der Waals surface area (Å²) in [6, 6.07) is 7.11. The van der Waals surface area contributed by atoms with Crippen LogP contribution < -0.4 is 5.76 Å². The van der Waals surface area contributed by atoms with E-state index in [-0.39, 0.29) is 11.1 Å². The van der Waals surface area contributed by atoms with Gasteiger partial charge in [-0.15, -0.1) is 0 Å². The van der Waals surface area contributed by atoms with E-state index in [1.54, 1.807) is 0 Å². The van der Waals surface area contributed by atoms with Crippen molar-refractivity contribution in [3.05, 3.63) is 69.2 Å². The van der Waals surface area contributed by atoms with Crippen molar-refractivity contribution in [2.75, 3.05) is 0 Å². The lowest BCUT2D eigenvalue weighted by Crippen LogP contribution is -2.25. The molecule has 4 nitrogen and oxygen atoms in total. The minimum atomic E-state index is -1.14. The number of hydrogen-bond donors (Lipinski definition) is 0. The van der Waals surface area contributed by atoms with Crippen LogP contribution in [0.2, 0.25) is 5.02 Å². The van der Waals surface area contributed by atoms with Crippen molar-refractivity contribution < 1.29 is 18.0 Å². The van der Waals surface area contributed by atoms with Gasteiger partial charge in [-0.25, -0.2) is 18.1 Å². The van der Waals surface area contributed by atoms with E-state index in [0.717, 1.165) is 18.2 Å². The van der Waals surface area contributed by atoms with Crippen LogP contribution in [-0.4, -0.2) is 10.5 Å². The number of aromatic nitrogens is 1. The molecule has 0 aliphatic heterocycles. The van der Waals surface area contributed by atoms with Gasteiger partial charge in [0, 0.05) is 11.1 Å². The second-order valence-corrected chi connectivity index (χ2v) is 4.65. The van der Waals surface area contributed by atoms with Gasteiger partial charge in [0.2, 0.25) is 0 Å². The van der Waals surface area contributed by atoms with Gasteiger partial charge in [-0.05, 0) is 24.3 Å². The Morgan fingerprint density at radius 3 is 2.48 bits per heavy atom. The highest BCUT2D eigenvalue weighted by atomic mass is 35.5. The lowest BCUT2D eigenvalue weighted by molar-refractivity contribution is 0.0948. The maximum Gasteiger partial charge on any atom is 0.427 e. The van der Waals surface area contributed by atoms with Crippen LogP contribution in [0.4, 0.5) is 8.78 Å². The Morgan fingerprint density at radius 1 is 1.14 bits per heavy atom. The van der Waals surface area contributed by atoms with Gasteiger partial charge in [-0.1, -0.05) is 17.7 Å². The molecule has 0 spiro atoms. The summed E-state index contributed by atoms with van der Waals surface area (Å²) in [6.07, 6.45) is 0. The number of fused-ring (bicyclic) bond motifs is 1. The summed E-state index contributed by atoms with van der Waals surface area (Å²) in [4.78, 5) is 24.0. The molecule has 0 amide bonds. The Kier molecular flexibility index (Phi) is 3.10. The van der Waals surface area contributed by atoms with E-state index >= 15 is 0 Å². The van der Waals surface area contributed by atoms with Gasteiger partial charge in [-0.3, -0.25) is 4.79 Å². The fourth-order valence-electron chi connectivity index (χ4n) is 2.00. The quantitative estimate of drug-likeness (QED) is 0.693. The molecule has 21 heavy (non-hydrogen) atoms. The van der Waals surface area contributed by atoms with Crippen molar-refractivity contribution in [2.24, 2.45) is 0 Å². The first-order valence-electron chi connectivity index (χ1n) is 5.79. The van der Waals surface area contributed by atoms with Crippen molar-refractivity contribution >= 4 is 28.6 Å². The zero-order valence-corrected chi connectivity index (χ0v) is 11.0. The molecule has 0 N–H and O–H groups in total. The Hall–Kier alpha value is -2.47. The lowest BCUT2D eigenvalue weighted by Gasteiger charge is -2.04. The van der Waals surface area contributed by atoms with Gasteiger partial charge in [0.1, 0.15) is 17.2 Å². The molecule has 1 heterocycles. The normalized spacial score (nSPS) is 11.0. The molecule has 0 aliphatic rings. The van der Waals surface area contributed by atoms with E-state index in [1.807, 2.05) is 0 Å². The monoisotopic (exact) mass is 309 g/mol. The predicted octanol–water partition coefficient (Wildman–Crippen LogP) is 3.21. The van der Waals surface area contributed by atoms with Crippen LogP contribution in [0.1, 0.15) is 10.4 Å². The molecule has 0 saturated carbocycles. The van der Waals surface area contributed by atoms with Crippen LogP contribution in [0.25, 0.3) is 11.1 Å². The number of hydrogen-bond acceptors (Lipinski definition) is 3. The highest BCUT2D eigenvalue weighted by molar-refractivity contribution is 6.31. The van der Waals surface area contributed by atoms with Crippen LogP contribution in [0.15, 0.2) is 45.6 Å². The van der Waals surface area contributed by atoms with E-state index in [0.29, 0.717) is 9.59 Å². The number of oxazole rings is 1. The third-order valence-electron chi connectivity index (χ3n) is 2.92. The third kappa shape index (κ3) is 2.13. The standard InChI is InChI=1S/C14H6ClF2NO3/c15-7-4-5-10-11(6-7)21-14(20)18(10)13(19)12-8(16)2-1-3-9(12)17/h1-6H. The SMILES string of the molecule is O=C(c1c(F)cccc1F)n1c(=O)oc2cc(Cl)ccc21. The Labute approximate surface area is 121 Å². The van der Waals surface area contributed by atoms with Gasteiger partial charge in [0.15, 0.2) is 5.58 Å². The predicted molar refractivity (Wildman–Crippen MR) is 71.6 cm³/mol. The van der Waals surface area contributed by atoms with Crippen molar-refractivity contribution in [3.8, 4) is 0 Å². The van der Waals surface area contributed by atoms with Gasteiger partial charge in [0.25, 0.3) is 5.91 Å². The first kappa shape index (κ1) is 13.5. The molecule has 0 saturated heterocycles. The number of benzene rings is 2. The van der Waals surface area contributed by atoms with Crippen LogP contribution in [0.3, 0.4) is 0 Å². The second kappa shape index (κ2) is 4.82. The van der Waals surface area contributed by atoms with E-state index in [1.165, 1.54) is 18.2 Å². The molecule has 7 heteroatoms. The lowest BCUT2D eigenvalue weighted by atomic mass is 10.2. The van der Waals surface area contributed by atoms with E-state index < -0.39 is 28.9 Å². The summed E-state index contributed by atoms with van der Waals surface area (Å²) in [5, 5.41) is 0.299. The zero-order chi connectivity index (χ0) is 15.1. The van der Waals surface area contributed by atoms with E-state index in [2.05, 4.69) is 0 Å². The topological polar surface area (TPSA) is 52.2 Å². The minimum Gasteiger partial charge on any atom is -0.407 e. The fraction of sp³-hybridized carbons (Fsp3) is 0. The van der Waals surface area contributed by atoms with Crippen molar-refractivity contribution in [1.29, 1.82) is 0 Å². The van der Waals surface area contributed by atoms with Gasteiger partial charge < -0.3 is 4.42 Å². The molecule has 2 aromatic carbocycles. The molecule has 0 aliphatic carbocycles. The Bertz CT molecular complexity index is 909. The molecule has 0 atom stereocenters. The highest BCUT2D eigenvalue weighted by Gasteiger charge is 2.23. The fourth-order valence-corrected chi connectivity index (χ4v) is 2.16. The average molecular weight is 310 g/mol. The third-order valence-corrected chi connectivity index (χ3v) is 3.16. The van der Waals surface area contributed by atoms with Gasteiger partial charge in [-0.2, -0.15) is 0 Å². The Morgan fingerprint density at radius 2 is 1.81 bits per heavy atom. The van der Waals surface area contributed by atoms with Gasteiger partial charge in [0.05, 0.1) is 5.52 Å². The summed E-state index contributed by atoms with van der Waals surface area (Å²) < 4.78 is 32.7.